The highest BCUT2D eigenvalue weighted by Crippen LogP contribution is 2.43. The first-order valence-corrected chi connectivity index (χ1v) is 10.6. The van der Waals surface area contributed by atoms with Gasteiger partial charge in [-0.25, -0.2) is 0 Å². The van der Waals surface area contributed by atoms with Gasteiger partial charge in [0.2, 0.25) is 0 Å². The molecule has 30 heavy (non-hydrogen) atoms. The average Bonchev–Trinajstić information content (AvgIpc) is 3.29. The number of aryl methyl sites for hydroxylation is 1. The van der Waals surface area contributed by atoms with Crippen LogP contribution in [0, 0.1) is 5.92 Å². The molecule has 156 valence electrons. The Kier molecular flexibility index (Phi) is 4.39. The normalized spacial score (nSPS) is 18.9. The summed E-state index contributed by atoms with van der Waals surface area (Å²) < 4.78 is 0. The molecule has 0 aromatic carbocycles. The number of carbonyl (C=O) groups excluding carboxylic acids is 2. The van der Waals surface area contributed by atoms with E-state index < -0.39 is 5.60 Å². The monoisotopic (exact) mass is 406 g/mol. The SMILES string of the molecule is CC(C)(O)[C@@H](C1CC1)N1Cc2cncc(NC(=O)c3ccnc4c3CCC4)c2C1=O. The van der Waals surface area contributed by atoms with Gasteiger partial charge in [-0.2, -0.15) is 0 Å². The summed E-state index contributed by atoms with van der Waals surface area (Å²) in [7, 11) is 0. The van der Waals surface area contributed by atoms with E-state index in [2.05, 4.69) is 15.3 Å². The van der Waals surface area contributed by atoms with Crippen molar-refractivity contribution in [3.63, 3.8) is 0 Å². The van der Waals surface area contributed by atoms with Crippen molar-refractivity contribution in [3.8, 4) is 0 Å². The number of hydrogen-bond acceptors (Lipinski definition) is 5. The van der Waals surface area contributed by atoms with E-state index in [1.165, 1.54) is 6.20 Å². The Morgan fingerprint density at radius 2 is 2.10 bits per heavy atom. The summed E-state index contributed by atoms with van der Waals surface area (Å²) in [4.78, 5) is 36.8. The largest absolute Gasteiger partial charge is 0.388 e. The third-order valence-corrected chi connectivity index (χ3v) is 6.45. The molecule has 5 rings (SSSR count). The van der Waals surface area contributed by atoms with Crippen molar-refractivity contribution in [2.24, 2.45) is 5.92 Å². The molecule has 1 fully saturated rings. The molecular formula is C23H26N4O3. The number of fused-ring (bicyclic) bond motifs is 2. The zero-order valence-corrected chi connectivity index (χ0v) is 17.3. The van der Waals surface area contributed by atoms with Crippen LogP contribution in [0.1, 0.15) is 70.6 Å². The molecule has 2 aliphatic carbocycles. The molecule has 0 bridgehead atoms. The van der Waals surface area contributed by atoms with Gasteiger partial charge >= 0.3 is 0 Å². The lowest BCUT2D eigenvalue weighted by molar-refractivity contribution is -0.0224. The van der Waals surface area contributed by atoms with Crippen LogP contribution >= 0.6 is 0 Å². The van der Waals surface area contributed by atoms with Crippen LogP contribution in [0.4, 0.5) is 5.69 Å². The van der Waals surface area contributed by atoms with Gasteiger partial charge in [0.1, 0.15) is 0 Å². The van der Waals surface area contributed by atoms with Crippen LogP contribution in [-0.4, -0.2) is 43.4 Å². The van der Waals surface area contributed by atoms with E-state index in [4.69, 9.17) is 0 Å². The number of nitrogens with zero attached hydrogens (tertiary/aromatic N) is 3. The van der Waals surface area contributed by atoms with Crippen molar-refractivity contribution in [2.75, 3.05) is 5.32 Å². The molecule has 0 unspecified atom stereocenters. The van der Waals surface area contributed by atoms with Crippen LogP contribution in [0.5, 0.6) is 0 Å². The molecule has 1 aliphatic heterocycles. The summed E-state index contributed by atoms with van der Waals surface area (Å²) in [6.07, 6.45) is 9.67. The van der Waals surface area contributed by atoms with E-state index in [9.17, 15) is 14.7 Å². The Labute approximate surface area is 175 Å². The van der Waals surface area contributed by atoms with Crippen LogP contribution in [0.15, 0.2) is 24.7 Å². The molecule has 2 N–H and O–H groups in total. The summed E-state index contributed by atoms with van der Waals surface area (Å²) >= 11 is 0. The summed E-state index contributed by atoms with van der Waals surface area (Å²) in [5, 5.41) is 13.6. The van der Waals surface area contributed by atoms with Crippen molar-refractivity contribution >= 4 is 17.5 Å². The molecule has 1 saturated carbocycles. The molecule has 0 radical (unpaired) electrons. The molecular weight excluding hydrogens is 380 g/mol. The van der Waals surface area contributed by atoms with Crippen LogP contribution in [0.2, 0.25) is 0 Å². The van der Waals surface area contributed by atoms with Crippen molar-refractivity contribution in [1.82, 2.24) is 14.9 Å². The zero-order chi connectivity index (χ0) is 21.0. The van der Waals surface area contributed by atoms with Gasteiger partial charge < -0.3 is 15.3 Å². The number of aliphatic hydroxyl groups is 1. The molecule has 3 aliphatic rings. The average molecular weight is 406 g/mol. The fourth-order valence-electron chi connectivity index (χ4n) is 5.08. The quantitative estimate of drug-likeness (QED) is 0.796. The highest BCUT2D eigenvalue weighted by molar-refractivity contribution is 6.11. The number of hydrogen-bond donors (Lipinski definition) is 2. The first kappa shape index (κ1) is 19.2. The highest BCUT2D eigenvalue weighted by atomic mass is 16.3. The van der Waals surface area contributed by atoms with E-state index in [0.717, 1.165) is 48.9 Å². The lowest BCUT2D eigenvalue weighted by Crippen LogP contribution is -2.51. The minimum absolute atomic E-state index is 0.151. The Balaban J connectivity index is 1.44. The Morgan fingerprint density at radius 1 is 1.30 bits per heavy atom. The van der Waals surface area contributed by atoms with Crippen molar-refractivity contribution in [1.29, 1.82) is 0 Å². The van der Waals surface area contributed by atoms with Gasteiger partial charge in [0.15, 0.2) is 0 Å². The Hall–Kier alpha value is -2.80. The first-order chi connectivity index (χ1) is 14.3. The van der Waals surface area contributed by atoms with E-state index in [1.807, 2.05) is 0 Å². The number of carbonyl (C=O) groups is 2. The van der Waals surface area contributed by atoms with E-state index in [-0.39, 0.29) is 17.9 Å². The molecule has 7 heteroatoms. The lowest BCUT2D eigenvalue weighted by Gasteiger charge is -2.37. The van der Waals surface area contributed by atoms with Crippen LogP contribution in [0.3, 0.4) is 0 Å². The predicted octanol–water partition coefficient (Wildman–Crippen LogP) is 2.72. The van der Waals surface area contributed by atoms with Gasteiger partial charge in [0.05, 0.1) is 29.1 Å². The fraction of sp³-hybridized carbons (Fsp3) is 0.478. The number of rotatable bonds is 5. The molecule has 0 spiro atoms. The van der Waals surface area contributed by atoms with Crippen LogP contribution in [0.25, 0.3) is 0 Å². The maximum Gasteiger partial charge on any atom is 0.257 e. The molecule has 2 aromatic heterocycles. The highest BCUT2D eigenvalue weighted by Gasteiger charge is 2.48. The molecule has 2 aromatic rings. The van der Waals surface area contributed by atoms with Crippen molar-refractivity contribution in [2.45, 2.75) is 64.1 Å². The second-order valence-corrected chi connectivity index (χ2v) is 9.18. The van der Waals surface area contributed by atoms with Gasteiger partial charge in [0, 0.05) is 35.8 Å². The van der Waals surface area contributed by atoms with Crippen molar-refractivity contribution < 1.29 is 14.7 Å². The molecule has 1 atom stereocenters. The number of anilines is 1. The van der Waals surface area contributed by atoms with Crippen LogP contribution in [-0.2, 0) is 19.4 Å². The maximum atomic E-state index is 13.4. The second kappa shape index (κ2) is 6.87. The summed E-state index contributed by atoms with van der Waals surface area (Å²) in [6.45, 7) is 3.93. The fourth-order valence-corrected chi connectivity index (χ4v) is 5.08. The second-order valence-electron chi connectivity index (χ2n) is 9.18. The number of aromatic nitrogens is 2. The topological polar surface area (TPSA) is 95.4 Å². The van der Waals surface area contributed by atoms with E-state index in [0.29, 0.717) is 29.3 Å². The van der Waals surface area contributed by atoms with Crippen molar-refractivity contribution in [3.05, 3.63) is 52.6 Å². The summed E-state index contributed by atoms with van der Waals surface area (Å²) in [5.41, 5.74) is 3.31. The molecule has 2 amide bonds. The minimum Gasteiger partial charge on any atom is -0.388 e. The standard InChI is InChI=1S/C23H26N4O3/c1-23(2,30)20(13-6-7-13)27-12-14-10-24-11-18(19(14)22(27)29)26-21(28)16-8-9-25-17-5-3-4-15(16)17/h8-11,13,20,30H,3-7,12H2,1-2H3,(H,26,28)/t20-/m1/s1. The van der Waals surface area contributed by atoms with E-state index in [1.54, 1.807) is 37.2 Å². The minimum atomic E-state index is -0.993. The van der Waals surface area contributed by atoms with Crippen LogP contribution < -0.4 is 5.32 Å². The summed E-state index contributed by atoms with van der Waals surface area (Å²) in [5.74, 6) is -0.0754. The molecule has 0 saturated heterocycles. The zero-order valence-electron chi connectivity index (χ0n) is 17.3. The molecule has 3 heterocycles. The number of nitrogens with one attached hydrogen (secondary N) is 1. The van der Waals surface area contributed by atoms with Gasteiger partial charge in [-0.3, -0.25) is 19.6 Å². The Bertz CT molecular complexity index is 1040. The predicted molar refractivity (Wildman–Crippen MR) is 111 cm³/mol. The number of pyridine rings is 2. The van der Waals surface area contributed by atoms with E-state index >= 15 is 0 Å². The summed E-state index contributed by atoms with van der Waals surface area (Å²) in [6, 6.07) is 1.49. The number of amides is 2. The lowest BCUT2D eigenvalue weighted by atomic mass is 9.93. The third kappa shape index (κ3) is 3.17. The van der Waals surface area contributed by atoms with Gasteiger partial charge in [-0.1, -0.05) is 0 Å². The van der Waals surface area contributed by atoms with Gasteiger partial charge in [-0.15, -0.1) is 0 Å². The maximum absolute atomic E-state index is 13.4. The first-order valence-electron chi connectivity index (χ1n) is 10.6. The Morgan fingerprint density at radius 3 is 2.83 bits per heavy atom. The third-order valence-electron chi connectivity index (χ3n) is 6.45. The smallest absolute Gasteiger partial charge is 0.257 e. The van der Waals surface area contributed by atoms with Gasteiger partial charge in [0.25, 0.3) is 11.8 Å². The van der Waals surface area contributed by atoms with Gasteiger partial charge in [-0.05, 0) is 63.5 Å². The molecule has 7 nitrogen and oxygen atoms in total.